The third-order valence-corrected chi connectivity index (χ3v) is 28.1. The van der Waals surface area contributed by atoms with Crippen molar-refractivity contribution < 1.29 is 0 Å². The summed E-state index contributed by atoms with van der Waals surface area (Å²) in [4.78, 5) is 66.7. The molecule has 19 nitrogen and oxygen atoms in total. The number of hydrogen-bond acceptors (Lipinski definition) is 13. The van der Waals surface area contributed by atoms with Gasteiger partial charge >= 0.3 is 0 Å². The Balaban J connectivity index is 0.0000000929. The fourth-order valence-electron chi connectivity index (χ4n) is 21.1. The third kappa shape index (κ3) is 15.1. The molecule has 0 N–H and O–H groups in total. The zero-order valence-electron chi connectivity index (χ0n) is 80.0. The van der Waals surface area contributed by atoms with Crippen LogP contribution in [0.4, 0.5) is 5.69 Å². The average Bonchev–Trinajstić information content (AvgIpc) is 1.57. The van der Waals surface area contributed by atoms with Gasteiger partial charge in [0, 0.05) is 127 Å². The van der Waals surface area contributed by atoms with Gasteiger partial charge in [0.15, 0.2) is 5.69 Å². The summed E-state index contributed by atoms with van der Waals surface area (Å²) in [7, 11) is 0. The van der Waals surface area contributed by atoms with E-state index in [-0.39, 0.29) is 5.41 Å². The van der Waals surface area contributed by atoms with E-state index < -0.39 is 0 Å². The largest absolute Gasteiger partial charge is 0.298 e. The first-order valence-electron chi connectivity index (χ1n) is 49.1. The van der Waals surface area contributed by atoms with Gasteiger partial charge in [-0.1, -0.05) is 275 Å². The smallest absolute Gasteiger partial charge is 0.187 e. The molecular formula is C129H83N19. The summed E-state index contributed by atoms with van der Waals surface area (Å²) in [6.45, 7) is 12.0. The zero-order valence-corrected chi connectivity index (χ0v) is 80.0. The monoisotopic (exact) mass is 1900 g/mol. The number of imidazole rings is 5. The first kappa shape index (κ1) is 86.7. The van der Waals surface area contributed by atoms with Crippen LogP contribution >= 0.6 is 0 Å². The van der Waals surface area contributed by atoms with Gasteiger partial charge in [-0.2, -0.15) is 0 Å². The van der Waals surface area contributed by atoms with Crippen LogP contribution in [-0.4, -0.2) is 86.8 Å². The minimum Gasteiger partial charge on any atom is -0.298 e. The molecule has 0 unspecified atom stereocenters. The van der Waals surface area contributed by atoms with E-state index in [1.807, 2.05) is 261 Å². The van der Waals surface area contributed by atoms with Gasteiger partial charge in [0.2, 0.25) is 0 Å². The van der Waals surface area contributed by atoms with Crippen molar-refractivity contribution in [2.75, 3.05) is 0 Å². The first-order valence-corrected chi connectivity index (χ1v) is 49.1. The standard InChI is InChI=1S/C36H24N4.C30H19N5.C24H15N3.C20H13N3.C19H12N4/c1-36(2)29-20-23(14-16-26(29)27-17-15-25(37-3)21-30(27)36)22-9-8-10-24(19-22)33-35-34(28-11-4-5-12-31(28)38-33)39-32-13-6-7-18-40(32)35;1-2-10-26-23(9-1)29-30(35-18-4-3-13-27(35)34-29)28(33-26)22-8-5-7-21(19-22)25-12-6-11-24(32-25)20-14-16-31-17-15-20;1-2-8-17-15-18(13-12-16(17)7-1)22-24-23(19-9-3-4-10-20(19)25-22)26-21-11-5-6-14-27(21)24;1-2-8-14(9-3-1)18-20-19(15-10-4-5-11-16(15)21-18)22-17-12-6-7-13-23(17)20;1-2-8-15-14(7-1)18-19(23-11-4-3-9-16(23)22-18)17(21-15)13-6-5-10-20-12-13/h4-21H,1-2H3;1-19H;1-15H;1-13H;1-12H. The lowest BCUT2D eigenvalue weighted by molar-refractivity contribution is 0.661. The van der Waals surface area contributed by atoms with E-state index in [0.29, 0.717) is 5.69 Å². The molecule has 30 aromatic rings. The van der Waals surface area contributed by atoms with Crippen LogP contribution in [0.2, 0.25) is 0 Å². The van der Waals surface area contributed by atoms with E-state index in [0.717, 1.165) is 222 Å². The van der Waals surface area contributed by atoms with E-state index >= 15 is 0 Å². The van der Waals surface area contributed by atoms with E-state index in [1.165, 1.54) is 38.6 Å². The lowest BCUT2D eigenvalue weighted by Crippen LogP contribution is -2.14. The van der Waals surface area contributed by atoms with E-state index in [1.54, 1.807) is 18.6 Å². The maximum Gasteiger partial charge on any atom is 0.187 e. The Labute approximate surface area is 846 Å². The molecule has 1 aliphatic rings. The summed E-state index contributed by atoms with van der Waals surface area (Å²) >= 11 is 0. The molecule has 0 amide bonds. The molecule has 0 fully saturated rings. The average molecular weight is 1900 g/mol. The zero-order chi connectivity index (χ0) is 98.4. The van der Waals surface area contributed by atoms with Gasteiger partial charge in [0.1, 0.15) is 61.3 Å². The van der Waals surface area contributed by atoms with Crippen molar-refractivity contribution in [3.63, 3.8) is 0 Å². The fraction of sp³-hybridized carbons (Fsp3) is 0.0233. The molecule has 0 spiro atoms. The highest BCUT2D eigenvalue weighted by atomic mass is 15.1. The van der Waals surface area contributed by atoms with Crippen molar-refractivity contribution in [2.24, 2.45) is 0 Å². The van der Waals surface area contributed by atoms with Crippen LogP contribution < -0.4 is 0 Å². The van der Waals surface area contributed by atoms with Gasteiger partial charge in [0.25, 0.3) is 0 Å². The van der Waals surface area contributed by atoms with Gasteiger partial charge in [-0.05, 0) is 196 Å². The van der Waals surface area contributed by atoms with E-state index in [2.05, 4.69) is 239 Å². The molecule has 0 bridgehead atoms. The highest BCUT2D eigenvalue weighted by molar-refractivity contribution is 6.14. The minimum absolute atomic E-state index is 0.179. The Morgan fingerprint density at radius 1 is 0.223 bits per heavy atom. The van der Waals surface area contributed by atoms with Gasteiger partial charge in [-0.25, -0.2) is 59.7 Å². The number of rotatable bonds is 8. The summed E-state index contributed by atoms with van der Waals surface area (Å²) < 4.78 is 10.6. The lowest BCUT2D eigenvalue weighted by Gasteiger charge is -2.22. The first-order chi connectivity index (χ1) is 73.1. The van der Waals surface area contributed by atoms with Crippen molar-refractivity contribution in [3.05, 3.63) is 491 Å². The fourth-order valence-corrected chi connectivity index (χ4v) is 21.1. The number of aromatic nitrogens is 18. The van der Waals surface area contributed by atoms with Crippen molar-refractivity contribution in [1.29, 1.82) is 0 Å². The van der Waals surface area contributed by atoms with Crippen molar-refractivity contribution in [2.45, 2.75) is 19.3 Å². The highest BCUT2D eigenvalue weighted by Gasteiger charge is 2.36. The minimum atomic E-state index is -0.179. The maximum absolute atomic E-state index is 7.48. The van der Waals surface area contributed by atoms with Crippen LogP contribution in [-0.2, 0) is 5.41 Å². The molecule has 0 saturated heterocycles. The van der Waals surface area contributed by atoms with Crippen molar-refractivity contribution in [1.82, 2.24) is 86.8 Å². The predicted molar refractivity (Wildman–Crippen MR) is 598 cm³/mol. The van der Waals surface area contributed by atoms with Gasteiger partial charge in [0.05, 0.1) is 96.1 Å². The third-order valence-electron chi connectivity index (χ3n) is 28.1. The summed E-state index contributed by atoms with van der Waals surface area (Å²) in [5.41, 5.74) is 41.1. The molecule has 694 valence electrons. The van der Waals surface area contributed by atoms with Crippen LogP contribution in [0.3, 0.4) is 0 Å². The SMILES string of the molecule is [C-]#[N+]c1ccc2c(c1)C(C)(C)c1cc(-c3cccc(-c4nc5ccccc5c5nc6ccccn6c45)c3)ccc1-2.c1cc(-c2cccc(-c3ccncc3)n2)cc(-c2nc3ccccc3c3nc4ccccn4c23)c1.c1ccc(-c2nc3ccccc3c3nc4ccccn4c23)cc1.c1ccc2cc(-c3nc4ccccc4c4nc5ccccn5c34)ccc2c1.c1cncc(-c2nc3ccccc3c3nc4ccccn4c23)c1. The number of nitrogens with zero attached hydrogens (tertiary/aromatic N) is 19. The van der Waals surface area contributed by atoms with Crippen LogP contribution in [0.1, 0.15) is 25.0 Å². The van der Waals surface area contributed by atoms with Crippen LogP contribution in [0.25, 0.3) is 255 Å². The topological polar surface area (TPSA) is 194 Å². The van der Waals surface area contributed by atoms with Gasteiger partial charge < -0.3 is 0 Å². The Morgan fingerprint density at radius 3 is 1.01 bits per heavy atom. The molecule has 18 aromatic heterocycles. The number of benzene rings is 12. The van der Waals surface area contributed by atoms with Gasteiger partial charge in [-0.3, -0.25) is 32.0 Å². The van der Waals surface area contributed by atoms with Crippen molar-refractivity contribution >= 4 is 154 Å². The Hall–Kier alpha value is -20.4. The lowest BCUT2D eigenvalue weighted by atomic mass is 9.81. The maximum atomic E-state index is 7.48. The molecule has 12 aromatic carbocycles. The number of hydrogen-bond donors (Lipinski definition) is 0. The molecule has 18 heterocycles. The number of para-hydroxylation sites is 5. The summed E-state index contributed by atoms with van der Waals surface area (Å²) in [5, 5.41) is 7.80. The molecule has 19 heteroatoms. The Bertz CT molecular complexity index is 10400. The van der Waals surface area contributed by atoms with Crippen molar-refractivity contribution in [3.8, 4) is 101 Å². The van der Waals surface area contributed by atoms with E-state index in [9.17, 15) is 0 Å². The number of fused-ring (bicyclic) bond motifs is 29. The molecular weight excluding hydrogens is 1820 g/mol. The molecule has 31 rings (SSSR count). The van der Waals surface area contributed by atoms with Crippen LogP contribution in [0.15, 0.2) is 468 Å². The van der Waals surface area contributed by atoms with Crippen LogP contribution in [0.5, 0.6) is 0 Å². The molecule has 0 saturated carbocycles. The normalized spacial score (nSPS) is 12.0. The highest BCUT2D eigenvalue weighted by Crippen LogP contribution is 2.52. The summed E-state index contributed by atoms with van der Waals surface area (Å²) in [5.74, 6) is 0. The van der Waals surface area contributed by atoms with Gasteiger partial charge in [-0.15, -0.1) is 0 Å². The Kier molecular flexibility index (Phi) is 21.1. The second-order valence-corrected chi connectivity index (χ2v) is 37.3. The van der Waals surface area contributed by atoms with Crippen LogP contribution in [0, 0.1) is 6.57 Å². The molecule has 0 atom stereocenters. The molecule has 0 radical (unpaired) electrons. The predicted octanol–water partition coefficient (Wildman–Crippen LogP) is 30.7. The molecule has 148 heavy (non-hydrogen) atoms. The second-order valence-electron chi connectivity index (χ2n) is 37.3. The molecule has 0 aliphatic heterocycles. The summed E-state index contributed by atoms with van der Waals surface area (Å²) in [6.07, 6.45) is 17.4. The van der Waals surface area contributed by atoms with E-state index in [4.69, 9.17) is 61.4 Å². The number of pyridine rings is 13. The summed E-state index contributed by atoms with van der Waals surface area (Å²) in [6, 6.07) is 141. The second kappa shape index (κ2) is 36.0. The molecule has 1 aliphatic carbocycles. The quantitative estimate of drug-likeness (QED) is 0.131. The Morgan fingerprint density at radius 2 is 0.561 bits per heavy atom.